The Hall–Kier alpha value is -0.900. The van der Waals surface area contributed by atoms with Crippen molar-refractivity contribution >= 4 is 0 Å². The van der Waals surface area contributed by atoms with Crippen molar-refractivity contribution in [2.24, 2.45) is 11.7 Å². The van der Waals surface area contributed by atoms with Crippen LogP contribution in [0.1, 0.15) is 31.7 Å². The molecule has 0 heterocycles. The highest BCUT2D eigenvalue weighted by atomic mass is 16.3. The first-order valence-electron chi connectivity index (χ1n) is 7.35. The van der Waals surface area contributed by atoms with Gasteiger partial charge in [0.1, 0.15) is 0 Å². The highest BCUT2D eigenvalue weighted by molar-refractivity contribution is 5.24. The van der Waals surface area contributed by atoms with E-state index in [1.807, 2.05) is 30.3 Å². The van der Waals surface area contributed by atoms with Crippen LogP contribution in [0.4, 0.5) is 0 Å². The van der Waals surface area contributed by atoms with Crippen LogP contribution < -0.4 is 5.73 Å². The molecule has 1 atom stereocenters. The van der Waals surface area contributed by atoms with Crippen molar-refractivity contribution in [2.45, 2.75) is 31.7 Å². The normalized spacial score (nSPS) is 18.5. The number of aliphatic hydroxyl groups is 1. The number of hydrogen-bond acceptors (Lipinski definition) is 3. The van der Waals surface area contributed by atoms with Crippen LogP contribution >= 0.6 is 0 Å². The molecule has 0 bridgehead atoms. The zero-order valence-corrected chi connectivity index (χ0v) is 11.9. The van der Waals surface area contributed by atoms with Crippen LogP contribution in [-0.4, -0.2) is 36.2 Å². The van der Waals surface area contributed by atoms with Crippen LogP contribution in [0.2, 0.25) is 0 Å². The van der Waals surface area contributed by atoms with Crippen molar-refractivity contribution in [3.8, 4) is 0 Å². The molecule has 19 heavy (non-hydrogen) atoms. The van der Waals surface area contributed by atoms with Gasteiger partial charge in [0.25, 0.3) is 0 Å². The summed E-state index contributed by atoms with van der Waals surface area (Å²) in [6.45, 7) is 5.10. The molecular weight excluding hydrogens is 236 g/mol. The molecule has 1 saturated carbocycles. The topological polar surface area (TPSA) is 49.5 Å². The highest BCUT2D eigenvalue weighted by Crippen LogP contribution is 2.30. The first kappa shape index (κ1) is 14.5. The molecule has 2 rings (SSSR count). The maximum Gasteiger partial charge on any atom is 0.0772 e. The van der Waals surface area contributed by atoms with Crippen molar-refractivity contribution < 1.29 is 5.11 Å². The lowest BCUT2D eigenvalue weighted by Gasteiger charge is -2.34. The van der Waals surface area contributed by atoms with E-state index in [4.69, 9.17) is 5.73 Å². The first-order chi connectivity index (χ1) is 9.18. The third-order valence-electron chi connectivity index (χ3n) is 3.89. The Labute approximate surface area is 116 Å². The molecule has 0 radical (unpaired) electrons. The maximum atomic E-state index is 9.75. The number of hydrogen-bond donors (Lipinski definition) is 2. The third-order valence-corrected chi connectivity index (χ3v) is 3.89. The van der Waals surface area contributed by atoms with E-state index in [1.165, 1.54) is 12.8 Å². The fraction of sp³-hybridized carbons (Fsp3) is 0.625. The van der Waals surface area contributed by atoms with Gasteiger partial charge in [-0.1, -0.05) is 37.3 Å². The number of nitrogens with two attached hydrogens (primary N) is 1. The molecule has 0 amide bonds. The van der Waals surface area contributed by atoms with Crippen LogP contribution in [0.15, 0.2) is 30.3 Å². The summed E-state index contributed by atoms with van der Waals surface area (Å²) in [6, 6.07) is 9.97. The monoisotopic (exact) mass is 262 g/mol. The Morgan fingerprint density at radius 1 is 1.32 bits per heavy atom. The standard InChI is InChI=1S/C16H26N2O/c1-2-10-18(11-14-8-9-14)12-16(17,13-19)15-6-4-3-5-7-15/h3-7,14,19H,2,8-13,17H2,1H3. The minimum absolute atomic E-state index is 0.0120. The quantitative estimate of drug-likeness (QED) is 0.753. The van der Waals surface area contributed by atoms with Crippen molar-refractivity contribution in [1.82, 2.24) is 4.90 Å². The lowest BCUT2D eigenvalue weighted by atomic mass is 9.91. The summed E-state index contributed by atoms with van der Waals surface area (Å²) in [4.78, 5) is 2.42. The van der Waals surface area contributed by atoms with Gasteiger partial charge in [-0.25, -0.2) is 0 Å². The smallest absolute Gasteiger partial charge is 0.0772 e. The van der Waals surface area contributed by atoms with Gasteiger partial charge in [0.15, 0.2) is 0 Å². The van der Waals surface area contributed by atoms with Crippen LogP contribution in [0.3, 0.4) is 0 Å². The number of rotatable bonds is 8. The molecule has 1 fully saturated rings. The van der Waals surface area contributed by atoms with E-state index in [0.717, 1.165) is 37.5 Å². The van der Waals surface area contributed by atoms with Gasteiger partial charge in [0.05, 0.1) is 12.1 Å². The fourth-order valence-corrected chi connectivity index (χ4v) is 2.62. The van der Waals surface area contributed by atoms with Gasteiger partial charge < -0.3 is 15.7 Å². The maximum absolute atomic E-state index is 9.75. The van der Waals surface area contributed by atoms with Crippen LogP contribution in [0, 0.1) is 5.92 Å². The zero-order valence-electron chi connectivity index (χ0n) is 11.9. The summed E-state index contributed by atoms with van der Waals surface area (Å²) >= 11 is 0. The SMILES string of the molecule is CCCN(CC1CC1)CC(N)(CO)c1ccccc1. The number of benzene rings is 1. The molecule has 1 aromatic rings. The van der Waals surface area contributed by atoms with Gasteiger partial charge in [-0.2, -0.15) is 0 Å². The Kier molecular flexibility index (Phi) is 4.97. The molecule has 1 aromatic carbocycles. The van der Waals surface area contributed by atoms with Gasteiger partial charge in [0, 0.05) is 13.1 Å². The molecule has 0 saturated heterocycles. The predicted molar refractivity (Wildman–Crippen MR) is 78.8 cm³/mol. The molecule has 3 N–H and O–H groups in total. The number of nitrogens with zero attached hydrogens (tertiary/aromatic N) is 1. The molecule has 1 aliphatic rings. The van der Waals surface area contributed by atoms with E-state index in [0.29, 0.717) is 0 Å². The minimum atomic E-state index is -0.648. The van der Waals surface area contributed by atoms with Gasteiger partial charge in [0.2, 0.25) is 0 Å². The first-order valence-corrected chi connectivity index (χ1v) is 7.35. The lowest BCUT2D eigenvalue weighted by Crippen LogP contribution is -2.51. The van der Waals surface area contributed by atoms with Crippen LogP contribution in [0.25, 0.3) is 0 Å². The molecule has 0 spiro atoms. The van der Waals surface area contributed by atoms with Gasteiger partial charge in [-0.3, -0.25) is 0 Å². The van der Waals surface area contributed by atoms with E-state index >= 15 is 0 Å². The second-order valence-corrected chi connectivity index (χ2v) is 5.86. The lowest BCUT2D eigenvalue weighted by molar-refractivity contribution is 0.132. The largest absolute Gasteiger partial charge is 0.394 e. The third kappa shape index (κ3) is 4.03. The van der Waals surface area contributed by atoms with Crippen molar-refractivity contribution in [1.29, 1.82) is 0 Å². The average molecular weight is 262 g/mol. The summed E-state index contributed by atoms with van der Waals surface area (Å²) < 4.78 is 0. The van der Waals surface area contributed by atoms with E-state index in [1.54, 1.807) is 0 Å². The van der Waals surface area contributed by atoms with Crippen molar-refractivity contribution in [3.05, 3.63) is 35.9 Å². The average Bonchev–Trinajstić information content (AvgIpc) is 3.24. The summed E-state index contributed by atoms with van der Waals surface area (Å²) in [5, 5.41) is 9.75. The molecule has 1 aliphatic carbocycles. The van der Waals surface area contributed by atoms with E-state index in [2.05, 4.69) is 11.8 Å². The molecular formula is C16H26N2O. The van der Waals surface area contributed by atoms with E-state index in [9.17, 15) is 5.11 Å². The summed E-state index contributed by atoms with van der Waals surface area (Å²) in [5.74, 6) is 0.852. The molecule has 0 aliphatic heterocycles. The highest BCUT2D eigenvalue weighted by Gasteiger charge is 2.31. The van der Waals surface area contributed by atoms with Crippen molar-refractivity contribution in [2.75, 3.05) is 26.2 Å². The summed E-state index contributed by atoms with van der Waals surface area (Å²) in [7, 11) is 0. The van der Waals surface area contributed by atoms with Crippen LogP contribution in [0.5, 0.6) is 0 Å². The zero-order chi connectivity index (χ0) is 13.7. The fourth-order valence-electron chi connectivity index (χ4n) is 2.62. The summed E-state index contributed by atoms with van der Waals surface area (Å²) in [6.07, 6.45) is 3.83. The molecule has 3 heteroatoms. The van der Waals surface area contributed by atoms with E-state index in [-0.39, 0.29) is 6.61 Å². The Bertz CT molecular complexity index is 378. The van der Waals surface area contributed by atoms with Gasteiger partial charge >= 0.3 is 0 Å². The second kappa shape index (κ2) is 6.51. The number of aliphatic hydroxyl groups excluding tert-OH is 1. The Morgan fingerprint density at radius 3 is 2.53 bits per heavy atom. The minimum Gasteiger partial charge on any atom is -0.394 e. The van der Waals surface area contributed by atoms with Crippen molar-refractivity contribution in [3.63, 3.8) is 0 Å². The second-order valence-electron chi connectivity index (χ2n) is 5.86. The van der Waals surface area contributed by atoms with Gasteiger partial charge in [-0.05, 0) is 37.3 Å². The Morgan fingerprint density at radius 2 is 2.00 bits per heavy atom. The molecule has 0 aromatic heterocycles. The van der Waals surface area contributed by atoms with E-state index < -0.39 is 5.54 Å². The Balaban J connectivity index is 2.06. The molecule has 3 nitrogen and oxygen atoms in total. The van der Waals surface area contributed by atoms with Crippen LogP contribution in [-0.2, 0) is 5.54 Å². The summed E-state index contributed by atoms with van der Waals surface area (Å²) in [5.41, 5.74) is 6.83. The molecule has 106 valence electrons. The molecule has 1 unspecified atom stereocenters. The predicted octanol–water partition coefficient (Wildman–Crippen LogP) is 1.95. The van der Waals surface area contributed by atoms with Gasteiger partial charge in [-0.15, -0.1) is 0 Å².